The van der Waals surface area contributed by atoms with Crippen LogP contribution in [-0.4, -0.2) is 26.3 Å². The maximum atomic E-state index is 11.5. The molecule has 1 aliphatic rings. The summed E-state index contributed by atoms with van der Waals surface area (Å²) in [5, 5.41) is 14.3. The summed E-state index contributed by atoms with van der Waals surface area (Å²) < 4.78 is 23.0. The summed E-state index contributed by atoms with van der Waals surface area (Å²) in [5.74, 6) is 0. The number of aliphatic hydroxyl groups is 1. The van der Waals surface area contributed by atoms with Crippen LogP contribution in [0.25, 0.3) is 0 Å². The number of nitrogens with one attached hydrogen (secondary N) is 1. The molecule has 3 rings (SSSR count). The van der Waals surface area contributed by atoms with Gasteiger partial charge in [0, 0.05) is 18.8 Å². The molecular formula is C19H23NO3S. The topological polar surface area (TPSA) is 66.4 Å². The molecule has 0 spiro atoms. The highest BCUT2D eigenvalue weighted by molar-refractivity contribution is 7.90. The van der Waals surface area contributed by atoms with Crippen LogP contribution in [0.15, 0.2) is 53.4 Å². The second-order valence-corrected chi connectivity index (χ2v) is 8.65. The Morgan fingerprint density at radius 3 is 2.50 bits per heavy atom. The predicted octanol–water partition coefficient (Wildman–Crippen LogP) is 2.57. The number of rotatable bonds is 5. The second-order valence-electron chi connectivity index (χ2n) is 6.63. The van der Waals surface area contributed by atoms with Crippen molar-refractivity contribution in [2.45, 2.75) is 36.3 Å². The fourth-order valence-electron chi connectivity index (χ4n) is 3.30. The maximum absolute atomic E-state index is 11.5. The third-order valence-corrected chi connectivity index (χ3v) is 5.96. The van der Waals surface area contributed by atoms with E-state index in [0.29, 0.717) is 11.4 Å². The van der Waals surface area contributed by atoms with Gasteiger partial charge >= 0.3 is 0 Å². The van der Waals surface area contributed by atoms with Crippen molar-refractivity contribution < 1.29 is 13.5 Å². The summed E-state index contributed by atoms with van der Waals surface area (Å²) in [4.78, 5) is 0.321. The van der Waals surface area contributed by atoms with Gasteiger partial charge in [-0.15, -0.1) is 0 Å². The van der Waals surface area contributed by atoms with Crippen LogP contribution >= 0.6 is 0 Å². The highest BCUT2D eigenvalue weighted by atomic mass is 32.2. The lowest BCUT2D eigenvalue weighted by atomic mass is 9.95. The summed E-state index contributed by atoms with van der Waals surface area (Å²) in [6.07, 6.45) is 2.82. The molecule has 0 bridgehead atoms. The van der Waals surface area contributed by atoms with E-state index in [4.69, 9.17) is 0 Å². The van der Waals surface area contributed by atoms with E-state index in [-0.39, 0.29) is 6.04 Å². The van der Waals surface area contributed by atoms with Crippen molar-refractivity contribution in [1.82, 2.24) is 5.32 Å². The molecule has 24 heavy (non-hydrogen) atoms. The molecule has 1 aliphatic carbocycles. The van der Waals surface area contributed by atoms with Crippen molar-refractivity contribution >= 4 is 9.84 Å². The van der Waals surface area contributed by atoms with Crippen LogP contribution in [-0.2, 0) is 21.9 Å². The second kappa shape index (κ2) is 6.31. The van der Waals surface area contributed by atoms with Crippen molar-refractivity contribution in [1.29, 1.82) is 0 Å². The first-order valence-electron chi connectivity index (χ1n) is 8.14. The van der Waals surface area contributed by atoms with Crippen LogP contribution < -0.4 is 5.32 Å². The molecule has 0 amide bonds. The van der Waals surface area contributed by atoms with Gasteiger partial charge in [-0.25, -0.2) is 8.42 Å². The van der Waals surface area contributed by atoms with Gasteiger partial charge in [-0.1, -0.05) is 36.4 Å². The molecule has 128 valence electrons. The molecule has 0 heterocycles. The molecule has 4 nitrogen and oxygen atoms in total. The number of aryl methyl sites for hydroxylation is 1. The monoisotopic (exact) mass is 345 g/mol. The van der Waals surface area contributed by atoms with E-state index in [0.717, 1.165) is 24.0 Å². The quantitative estimate of drug-likeness (QED) is 0.874. The SMILES string of the molecule is C[C@H](NC[C@]1(O)CCc2ccccc21)c1ccc(S(C)(=O)=O)cc1. The molecule has 0 saturated carbocycles. The normalized spacial score (nSPS) is 21.5. The predicted molar refractivity (Wildman–Crippen MR) is 94.6 cm³/mol. The van der Waals surface area contributed by atoms with Crippen molar-refractivity contribution in [2.24, 2.45) is 0 Å². The molecule has 0 saturated heterocycles. The highest BCUT2D eigenvalue weighted by Crippen LogP contribution is 2.36. The van der Waals surface area contributed by atoms with Crippen molar-refractivity contribution in [3.63, 3.8) is 0 Å². The average Bonchev–Trinajstić information content (AvgIpc) is 2.90. The van der Waals surface area contributed by atoms with Gasteiger partial charge in [-0.2, -0.15) is 0 Å². The van der Waals surface area contributed by atoms with Crippen LogP contribution in [0, 0.1) is 0 Å². The van der Waals surface area contributed by atoms with Crippen LogP contribution in [0.2, 0.25) is 0 Å². The van der Waals surface area contributed by atoms with Gasteiger partial charge in [0.2, 0.25) is 0 Å². The van der Waals surface area contributed by atoms with E-state index < -0.39 is 15.4 Å². The molecule has 0 aliphatic heterocycles. The zero-order valence-electron chi connectivity index (χ0n) is 14.0. The standard InChI is InChI=1S/C19H23NO3S/c1-14(15-7-9-17(10-8-15)24(2,22)23)20-13-19(21)12-11-16-5-3-4-6-18(16)19/h3-10,14,20-21H,11-13H2,1-2H3/t14-,19+/m0/s1. The van der Waals surface area contributed by atoms with E-state index in [1.807, 2.05) is 37.3 Å². The molecular weight excluding hydrogens is 322 g/mol. The van der Waals surface area contributed by atoms with E-state index in [1.165, 1.54) is 11.8 Å². The Hall–Kier alpha value is -1.69. The van der Waals surface area contributed by atoms with Crippen molar-refractivity contribution in [3.8, 4) is 0 Å². The molecule has 0 fully saturated rings. The molecule has 2 aromatic rings. The fraction of sp³-hybridized carbons (Fsp3) is 0.368. The van der Waals surface area contributed by atoms with E-state index >= 15 is 0 Å². The van der Waals surface area contributed by atoms with E-state index in [1.54, 1.807) is 12.1 Å². The van der Waals surface area contributed by atoms with Crippen LogP contribution in [0.3, 0.4) is 0 Å². The van der Waals surface area contributed by atoms with Gasteiger partial charge in [0.05, 0.1) is 4.90 Å². The Kier molecular flexibility index (Phi) is 4.51. The minimum absolute atomic E-state index is 0.0235. The molecule has 5 heteroatoms. The van der Waals surface area contributed by atoms with E-state index in [9.17, 15) is 13.5 Å². The number of benzene rings is 2. The van der Waals surface area contributed by atoms with Gasteiger partial charge in [0.1, 0.15) is 5.60 Å². The van der Waals surface area contributed by atoms with Gasteiger partial charge in [0.15, 0.2) is 9.84 Å². The van der Waals surface area contributed by atoms with Crippen LogP contribution in [0.1, 0.15) is 36.1 Å². The van der Waals surface area contributed by atoms with Gasteiger partial charge in [-0.05, 0) is 48.6 Å². The summed E-state index contributed by atoms with van der Waals surface area (Å²) in [7, 11) is -3.17. The zero-order valence-corrected chi connectivity index (χ0v) is 14.8. The van der Waals surface area contributed by atoms with E-state index in [2.05, 4.69) is 11.4 Å². The largest absolute Gasteiger partial charge is 0.384 e. The first kappa shape index (κ1) is 17.1. The van der Waals surface area contributed by atoms with Gasteiger partial charge in [-0.3, -0.25) is 0 Å². The van der Waals surface area contributed by atoms with Crippen molar-refractivity contribution in [3.05, 3.63) is 65.2 Å². The highest BCUT2D eigenvalue weighted by Gasteiger charge is 2.36. The Morgan fingerprint density at radius 2 is 1.83 bits per heavy atom. The van der Waals surface area contributed by atoms with Gasteiger partial charge < -0.3 is 10.4 Å². The summed E-state index contributed by atoms with van der Waals surface area (Å²) in [6, 6.07) is 14.9. The molecule has 0 radical (unpaired) electrons. The summed E-state index contributed by atoms with van der Waals surface area (Å²) in [5.41, 5.74) is 2.39. The molecule has 2 atom stereocenters. The zero-order chi connectivity index (χ0) is 17.4. The smallest absolute Gasteiger partial charge is 0.175 e. The Balaban J connectivity index is 1.69. The Bertz CT molecular complexity index is 830. The number of hydrogen-bond acceptors (Lipinski definition) is 4. The first-order chi connectivity index (χ1) is 11.3. The molecule has 2 N–H and O–H groups in total. The number of fused-ring (bicyclic) bond motifs is 1. The lowest BCUT2D eigenvalue weighted by Crippen LogP contribution is -2.37. The Morgan fingerprint density at radius 1 is 1.17 bits per heavy atom. The lowest BCUT2D eigenvalue weighted by Gasteiger charge is -2.27. The lowest BCUT2D eigenvalue weighted by molar-refractivity contribution is 0.0363. The molecule has 0 aromatic heterocycles. The molecule has 0 unspecified atom stereocenters. The number of sulfone groups is 1. The Labute approximate surface area is 143 Å². The minimum atomic E-state index is -3.17. The maximum Gasteiger partial charge on any atom is 0.175 e. The van der Waals surface area contributed by atoms with Crippen LogP contribution in [0.5, 0.6) is 0 Å². The summed E-state index contributed by atoms with van der Waals surface area (Å²) >= 11 is 0. The third kappa shape index (κ3) is 3.38. The van der Waals surface area contributed by atoms with Crippen LogP contribution in [0.4, 0.5) is 0 Å². The fourth-order valence-corrected chi connectivity index (χ4v) is 3.93. The average molecular weight is 345 g/mol. The summed E-state index contributed by atoms with van der Waals surface area (Å²) in [6.45, 7) is 2.48. The number of hydrogen-bond donors (Lipinski definition) is 2. The third-order valence-electron chi connectivity index (χ3n) is 4.84. The minimum Gasteiger partial charge on any atom is -0.384 e. The van der Waals surface area contributed by atoms with Crippen molar-refractivity contribution in [2.75, 3.05) is 12.8 Å². The first-order valence-corrected chi connectivity index (χ1v) is 10.0. The molecule has 2 aromatic carbocycles. The van der Waals surface area contributed by atoms with Gasteiger partial charge in [0.25, 0.3) is 0 Å².